The second kappa shape index (κ2) is 55.9. The van der Waals surface area contributed by atoms with Crippen LogP contribution in [0.3, 0.4) is 0 Å². The van der Waals surface area contributed by atoms with Crippen LogP contribution in [0, 0.1) is 0 Å². The van der Waals surface area contributed by atoms with Gasteiger partial charge in [0.1, 0.15) is 0 Å². The van der Waals surface area contributed by atoms with Crippen molar-refractivity contribution in [2.45, 2.75) is 289 Å². The van der Waals surface area contributed by atoms with Crippen molar-refractivity contribution in [3.8, 4) is 0 Å². The van der Waals surface area contributed by atoms with Crippen molar-refractivity contribution in [3.63, 3.8) is 0 Å². The van der Waals surface area contributed by atoms with E-state index in [9.17, 15) is 15.0 Å². The van der Waals surface area contributed by atoms with Gasteiger partial charge in [-0.2, -0.15) is 0 Å². The number of carbonyl (C=O) groups excluding carboxylic acids is 1. The minimum atomic E-state index is -0.845. The van der Waals surface area contributed by atoms with Crippen LogP contribution in [0.25, 0.3) is 0 Å². The zero-order chi connectivity index (χ0) is 47.0. The minimum Gasteiger partial charge on any atom is -0.394 e. The van der Waals surface area contributed by atoms with Crippen LogP contribution in [-0.2, 0) is 4.79 Å². The summed E-state index contributed by atoms with van der Waals surface area (Å²) in [5, 5.41) is 23.2. The molecule has 0 heterocycles. The lowest BCUT2D eigenvalue weighted by atomic mass is 10.0. The summed E-state index contributed by atoms with van der Waals surface area (Å²) >= 11 is 0. The number of amides is 1. The van der Waals surface area contributed by atoms with Crippen molar-refractivity contribution in [2.24, 2.45) is 0 Å². The number of aliphatic hydroxyl groups excluding tert-OH is 2. The van der Waals surface area contributed by atoms with Crippen LogP contribution in [0.2, 0.25) is 0 Å². The van der Waals surface area contributed by atoms with Crippen molar-refractivity contribution >= 4 is 5.91 Å². The maximum atomic E-state index is 12.5. The van der Waals surface area contributed by atoms with E-state index in [1.54, 1.807) is 6.08 Å². The molecule has 0 aromatic rings. The molecule has 0 aromatic heterocycles. The molecule has 2 atom stereocenters. The van der Waals surface area contributed by atoms with Crippen molar-refractivity contribution in [1.82, 2.24) is 5.32 Å². The van der Waals surface area contributed by atoms with Crippen LogP contribution in [0.15, 0.2) is 85.1 Å². The van der Waals surface area contributed by atoms with Gasteiger partial charge in [0.05, 0.1) is 18.8 Å². The summed E-state index contributed by atoms with van der Waals surface area (Å²) in [6.07, 6.45) is 81.6. The first kappa shape index (κ1) is 62.6. The molecule has 0 rings (SSSR count). The van der Waals surface area contributed by atoms with E-state index in [-0.39, 0.29) is 12.5 Å². The predicted octanol–water partition coefficient (Wildman–Crippen LogP) is 18.8. The summed E-state index contributed by atoms with van der Waals surface area (Å²) in [6.45, 7) is 4.21. The summed E-state index contributed by atoms with van der Waals surface area (Å²) in [5.74, 6) is -0.0667. The monoisotopic (exact) mass is 904 g/mol. The Labute approximate surface area is 405 Å². The third-order valence-electron chi connectivity index (χ3n) is 12.6. The molecule has 376 valence electrons. The van der Waals surface area contributed by atoms with Crippen LogP contribution < -0.4 is 5.32 Å². The van der Waals surface area contributed by atoms with E-state index in [1.807, 2.05) is 6.08 Å². The number of allylic oxidation sites excluding steroid dienone is 13. The molecule has 0 fully saturated rings. The SMILES string of the molecule is CC/C=C\C/C=C\C/C=C\C/C=C\C/C=C\C/C=C\CCCCCCCCCCCCCCC(=O)NC(CO)C(O)/C=C/CCCCCCCCCCCCCCCCCCCCCC. The van der Waals surface area contributed by atoms with Crippen LogP contribution >= 0.6 is 0 Å². The Morgan fingerprint density at radius 1 is 0.385 bits per heavy atom. The number of hydrogen-bond donors (Lipinski definition) is 3. The normalized spacial score (nSPS) is 13.5. The molecule has 0 aliphatic heterocycles. The molecule has 65 heavy (non-hydrogen) atoms. The smallest absolute Gasteiger partial charge is 0.220 e. The number of unbranched alkanes of at least 4 members (excludes halogenated alkanes) is 32. The van der Waals surface area contributed by atoms with Gasteiger partial charge < -0.3 is 15.5 Å². The molecule has 0 aliphatic rings. The van der Waals surface area contributed by atoms with E-state index in [4.69, 9.17) is 0 Å². The zero-order valence-electron chi connectivity index (χ0n) is 43.2. The number of hydrogen-bond acceptors (Lipinski definition) is 3. The Morgan fingerprint density at radius 3 is 1.02 bits per heavy atom. The fourth-order valence-electron chi connectivity index (χ4n) is 8.36. The molecule has 0 saturated heterocycles. The van der Waals surface area contributed by atoms with Gasteiger partial charge >= 0.3 is 0 Å². The first-order chi connectivity index (χ1) is 32.2. The highest BCUT2D eigenvalue weighted by atomic mass is 16.3. The molecule has 4 heteroatoms. The molecule has 0 aromatic carbocycles. The Bertz CT molecular complexity index is 1160. The highest BCUT2D eigenvalue weighted by Crippen LogP contribution is 2.16. The van der Waals surface area contributed by atoms with Crippen LogP contribution in [0.1, 0.15) is 277 Å². The summed E-state index contributed by atoms with van der Waals surface area (Å²) < 4.78 is 0. The third kappa shape index (κ3) is 52.4. The molecule has 4 nitrogen and oxygen atoms in total. The number of aliphatic hydroxyl groups is 2. The fraction of sp³-hybridized carbons (Fsp3) is 0.754. The fourth-order valence-corrected chi connectivity index (χ4v) is 8.36. The van der Waals surface area contributed by atoms with Gasteiger partial charge in [0.25, 0.3) is 0 Å². The molecular formula is C61H109NO3. The first-order valence-electron chi connectivity index (χ1n) is 28.3. The topological polar surface area (TPSA) is 69.6 Å². The number of nitrogens with one attached hydrogen (secondary N) is 1. The van der Waals surface area contributed by atoms with E-state index in [2.05, 4.69) is 92.1 Å². The zero-order valence-corrected chi connectivity index (χ0v) is 43.2. The van der Waals surface area contributed by atoms with E-state index >= 15 is 0 Å². The van der Waals surface area contributed by atoms with Gasteiger partial charge in [0, 0.05) is 6.42 Å². The van der Waals surface area contributed by atoms with Crippen LogP contribution in [-0.4, -0.2) is 34.9 Å². The highest BCUT2D eigenvalue weighted by Gasteiger charge is 2.18. The molecule has 1 amide bonds. The largest absolute Gasteiger partial charge is 0.394 e. The van der Waals surface area contributed by atoms with Crippen LogP contribution in [0.4, 0.5) is 0 Å². The molecule has 2 unspecified atom stereocenters. The van der Waals surface area contributed by atoms with Gasteiger partial charge in [-0.05, 0) is 70.6 Å². The molecule has 0 spiro atoms. The molecular weight excluding hydrogens is 795 g/mol. The van der Waals surface area contributed by atoms with E-state index in [0.29, 0.717) is 6.42 Å². The van der Waals surface area contributed by atoms with Gasteiger partial charge in [-0.15, -0.1) is 0 Å². The Balaban J connectivity index is 3.54. The van der Waals surface area contributed by atoms with E-state index < -0.39 is 12.1 Å². The van der Waals surface area contributed by atoms with Gasteiger partial charge in [-0.25, -0.2) is 0 Å². The maximum Gasteiger partial charge on any atom is 0.220 e. The molecule has 3 N–H and O–H groups in total. The van der Waals surface area contributed by atoms with Crippen molar-refractivity contribution in [3.05, 3.63) is 85.1 Å². The second-order valence-electron chi connectivity index (χ2n) is 19.0. The molecule has 0 bridgehead atoms. The Hall–Kier alpha value is -2.43. The molecule has 0 aliphatic carbocycles. The summed E-state index contributed by atoms with van der Waals surface area (Å²) in [6, 6.07) is -0.628. The average molecular weight is 905 g/mol. The van der Waals surface area contributed by atoms with E-state index in [0.717, 1.165) is 64.2 Å². The van der Waals surface area contributed by atoms with Crippen molar-refractivity contribution in [1.29, 1.82) is 0 Å². The quantitative estimate of drug-likeness (QED) is 0.0421. The van der Waals surface area contributed by atoms with Gasteiger partial charge in [0.15, 0.2) is 0 Å². The van der Waals surface area contributed by atoms with Crippen LogP contribution in [0.5, 0.6) is 0 Å². The second-order valence-corrected chi connectivity index (χ2v) is 19.0. The summed E-state index contributed by atoms with van der Waals surface area (Å²) in [5.41, 5.74) is 0. The first-order valence-corrected chi connectivity index (χ1v) is 28.3. The summed E-state index contributed by atoms with van der Waals surface area (Å²) in [7, 11) is 0. The summed E-state index contributed by atoms with van der Waals surface area (Å²) in [4.78, 5) is 12.5. The lowest BCUT2D eigenvalue weighted by molar-refractivity contribution is -0.123. The van der Waals surface area contributed by atoms with Gasteiger partial charge in [-0.3, -0.25) is 4.79 Å². The minimum absolute atomic E-state index is 0.0667. The maximum absolute atomic E-state index is 12.5. The van der Waals surface area contributed by atoms with Crippen molar-refractivity contribution in [2.75, 3.05) is 6.61 Å². The Kier molecular flexibility index (Phi) is 53.8. The van der Waals surface area contributed by atoms with Gasteiger partial charge in [-0.1, -0.05) is 285 Å². The van der Waals surface area contributed by atoms with Crippen molar-refractivity contribution < 1.29 is 15.0 Å². The Morgan fingerprint density at radius 2 is 0.677 bits per heavy atom. The lowest BCUT2D eigenvalue weighted by Gasteiger charge is -2.20. The predicted molar refractivity (Wildman–Crippen MR) is 290 cm³/mol. The third-order valence-corrected chi connectivity index (χ3v) is 12.6. The lowest BCUT2D eigenvalue weighted by Crippen LogP contribution is -2.45. The van der Waals surface area contributed by atoms with E-state index in [1.165, 1.54) is 193 Å². The van der Waals surface area contributed by atoms with Gasteiger partial charge in [0.2, 0.25) is 5.91 Å². The number of rotatable bonds is 51. The highest BCUT2D eigenvalue weighted by molar-refractivity contribution is 5.76. The molecule has 0 radical (unpaired) electrons. The standard InChI is InChI=1S/C61H109NO3/c1-3-5-7-9-11-13-15-17-19-21-23-25-27-28-29-30-31-32-33-34-35-37-39-41-43-45-47-49-51-53-55-57-61(65)62-59(58-63)60(64)56-54-52-50-48-46-44-42-40-38-36-26-24-22-20-18-16-14-12-10-8-6-4-2/h5,7,11,13,17,19,23,25,28-29,31-32,54,56,59-60,63-64H,3-4,6,8-10,12,14-16,18,20-22,24,26-27,30,33-53,55,57-58H2,1-2H3,(H,62,65)/b7-5-,13-11-,19-17-,25-23-,29-28-,32-31-,56-54+. The molecule has 0 saturated carbocycles. The average Bonchev–Trinajstić information content (AvgIpc) is 3.31. The number of carbonyl (C=O) groups is 1.